The summed E-state index contributed by atoms with van der Waals surface area (Å²) in [6.45, 7) is 4.36. The van der Waals surface area contributed by atoms with Crippen molar-refractivity contribution >= 4 is 23.4 Å². The Morgan fingerprint density at radius 3 is 2.90 bits per heavy atom. The number of fused-ring (bicyclic) bond motifs is 1. The highest BCUT2D eigenvalue weighted by Gasteiger charge is 2.20. The smallest absolute Gasteiger partial charge is 0.262 e. The van der Waals surface area contributed by atoms with Crippen molar-refractivity contribution in [3.05, 3.63) is 23.8 Å². The Kier molecular flexibility index (Phi) is 5.50. The number of hydrogen-bond donors (Lipinski definition) is 3. The monoisotopic (exact) mass is 310 g/mol. The molecule has 0 radical (unpaired) electrons. The van der Waals surface area contributed by atoms with Gasteiger partial charge in [0.15, 0.2) is 6.61 Å². The molecule has 1 heterocycles. The second kappa shape index (κ2) is 7.15. The summed E-state index contributed by atoms with van der Waals surface area (Å²) in [6.07, 6.45) is 2.00. The predicted octanol–water partition coefficient (Wildman–Crippen LogP) is 1.78. The molecule has 0 bridgehead atoms. The number of amides is 1. The number of nitrogens with one attached hydrogen (secondary N) is 2. The summed E-state index contributed by atoms with van der Waals surface area (Å²) < 4.78 is 5.36. The van der Waals surface area contributed by atoms with E-state index in [1.807, 2.05) is 24.5 Å². The summed E-state index contributed by atoms with van der Waals surface area (Å²) in [6, 6.07) is 6.11. The van der Waals surface area contributed by atoms with Crippen LogP contribution in [-0.4, -0.2) is 41.8 Å². The van der Waals surface area contributed by atoms with Crippen LogP contribution in [0, 0.1) is 0 Å². The average Bonchev–Trinajstić information content (AvgIpc) is 2.47. The van der Waals surface area contributed by atoms with E-state index in [1.54, 1.807) is 11.8 Å². The number of anilines is 1. The van der Waals surface area contributed by atoms with E-state index in [-0.39, 0.29) is 36.5 Å². The van der Waals surface area contributed by atoms with Crippen LogP contribution >= 0.6 is 11.8 Å². The zero-order valence-electron chi connectivity index (χ0n) is 12.6. The largest absolute Gasteiger partial charge is 0.482 e. The Hall–Kier alpha value is -1.24. The van der Waals surface area contributed by atoms with E-state index in [0.717, 1.165) is 5.56 Å². The molecule has 5 nitrogen and oxygen atoms in total. The maximum Gasteiger partial charge on any atom is 0.262 e. The number of thioether (sulfide) groups is 1. The quantitative estimate of drug-likeness (QED) is 0.747. The zero-order valence-corrected chi connectivity index (χ0v) is 13.4. The van der Waals surface area contributed by atoms with Crippen LogP contribution in [0.15, 0.2) is 18.2 Å². The fourth-order valence-corrected chi connectivity index (χ4v) is 3.04. The Bertz CT molecular complexity index is 506. The number of ether oxygens (including phenoxy) is 1. The van der Waals surface area contributed by atoms with Crippen LogP contribution in [0.4, 0.5) is 5.69 Å². The van der Waals surface area contributed by atoms with Crippen LogP contribution in [0.5, 0.6) is 5.75 Å². The van der Waals surface area contributed by atoms with E-state index in [4.69, 9.17) is 4.74 Å². The minimum atomic E-state index is -0.128. The van der Waals surface area contributed by atoms with Crippen LogP contribution in [-0.2, 0) is 4.79 Å². The van der Waals surface area contributed by atoms with Gasteiger partial charge in [0.05, 0.1) is 12.3 Å². The lowest BCUT2D eigenvalue weighted by Gasteiger charge is -2.26. The van der Waals surface area contributed by atoms with Crippen LogP contribution in [0.2, 0.25) is 0 Å². The van der Waals surface area contributed by atoms with E-state index < -0.39 is 0 Å². The Balaban J connectivity index is 2.07. The second-order valence-electron chi connectivity index (χ2n) is 5.23. The summed E-state index contributed by atoms with van der Waals surface area (Å²) >= 11 is 1.65. The molecular formula is C15H22N2O3S. The number of rotatable bonds is 6. The summed E-state index contributed by atoms with van der Waals surface area (Å²) in [7, 11) is 0. The molecule has 0 spiro atoms. The zero-order chi connectivity index (χ0) is 15.4. The molecular weight excluding hydrogens is 288 g/mol. The van der Waals surface area contributed by atoms with Gasteiger partial charge in [-0.1, -0.05) is 6.07 Å². The maximum atomic E-state index is 11.4. The topological polar surface area (TPSA) is 70.6 Å². The summed E-state index contributed by atoms with van der Waals surface area (Å²) in [5.74, 6) is 0.576. The van der Waals surface area contributed by atoms with E-state index in [9.17, 15) is 9.90 Å². The summed E-state index contributed by atoms with van der Waals surface area (Å²) in [5.41, 5.74) is 1.79. The molecule has 3 N–H and O–H groups in total. The van der Waals surface area contributed by atoms with Gasteiger partial charge in [-0.2, -0.15) is 11.8 Å². The molecule has 1 amide bonds. The first-order valence-corrected chi connectivity index (χ1v) is 8.30. The van der Waals surface area contributed by atoms with Gasteiger partial charge >= 0.3 is 0 Å². The van der Waals surface area contributed by atoms with Crippen LogP contribution in [0.1, 0.15) is 25.5 Å². The molecule has 21 heavy (non-hydrogen) atoms. The summed E-state index contributed by atoms with van der Waals surface area (Å²) in [4.78, 5) is 11.4. The Labute approximate surface area is 129 Å². The lowest BCUT2D eigenvalue weighted by atomic mass is 10.0. The third-order valence-electron chi connectivity index (χ3n) is 3.69. The highest BCUT2D eigenvalue weighted by molar-refractivity contribution is 7.99. The van der Waals surface area contributed by atoms with Gasteiger partial charge in [0.1, 0.15) is 5.75 Å². The Morgan fingerprint density at radius 2 is 2.24 bits per heavy atom. The molecule has 3 atom stereocenters. The fraction of sp³-hybridized carbons (Fsp3) is 0.533. The first-order chi connectivity index (χ1) is 10.0. The van der Waals surface area contributed by atoms with E-state index in [2.05, 4.69) is 24.5 Å². The minimum Gasteiger partial charge on any atom is -0.482 e. The minimum absolute atomic E-state index is 0.0725. The molecule has 2 rings (SSSR count). The molecule has 116 valence electrons. The molecule has 0 aromatic heterocycles. The van der Waals surface area contributed by atoms with Gasteiger partial charge in [-0.3, -0.25) is 4.79 Å². The van der Waals surface area contributed by atoms with Crippen molar-refractivity contribution in [2.45, 2.75) is 31.2 Å². The van der Waals surface area contributed by atoms with Gasteiger partial charge in [0.25, 0.3) is 5.91 Å². The molecule has 1 aliphatic heterocycles. The SMILES string of the molecule is CSC(CO)C(C)NC(C)c1ccc2c(c1)NC(=O)CO2. The van der Waals surface area contributed by atoms with Gasteiger partial charge in [0, 0.05) is 17.3 Å². The molecule has 1 aromatic rings. The number of aliphatic hydroxyl groups excluding tert-OH is 1. The van der Waals surface area contributed by atoms with Crippen molar-refractivity contribution in [2.75, 3.05) is 24.8 Å². The maximum absolute atomic E-state index is 11.4. The first kappa shape index (κ1) is 16.1. The summed E-state index contributed by atoms with van der Waals surface area (Å²) in [5, 5.41) is 15.8. The van der Waals surface area contributed by atoms with Crippen molar-refractivity contribution in [2.24, 2.45) is 0 Å². The predicted molar refractivity (Wildman–Crippen MR) is 86.0 cm³/mol. The number of aliphatic hydroxyl groups is 1. The van der Waals surface area contributed by atoms with Gasteiger partial charge in [-0.15, -0.1) is 0 Å². The fourth-order valence-electron chi connectivity index (χ4n) is 2.40. The van der Waals surface area contributed by atoms with Gasteiger partial charge in [-0.05, 0) is 37.8 Å². The third-order valence-corrected chi connectivity index (χ3v) is 4.85. The normalized spacial score (nSPS) is 18.2. The second-order valence-corrected chi connectivity index (χ2v) is 6.30. The van der Waals surface area contributed by atoms with E-state index in [1.165, 1.54) is 0 Å². The van der Waals surface area contributed by atoms with Gasteiger partial charge in [-0.25, -0.2) is 0 Å². The highest BCUT2D eigenvalue weighted by Crippen LogP contribution is 2.30. The van der Waals surface area contributed by atoms with Crippen LogP contribution in [0.3, 0.4) is 0 Å². The van der Waals surface area contributed by atoms with E-state index >= 15 is 0 Å². The number of hydrogen-bond acceptors (Lipinski definition) is 5. The highest BCUT2D eigenvalue weighted by atomic mass is 32.2. The molecule has 0 aliphatic carbocycles. The standard InChI is InChI=1S/C15H22N2O3S/c1-9(16-10(2)14(7-18)21-3)11-4-5-13-12(6-11)17-15(19)8-20-13/h4-6,9-10,14,16,18H,7-8H2,1-3H3,(H,17,19). The number of benzene rings is 1. The molecule has 6 heteroatoms. The van der Waals surface area contributed by atoms with Crippen molar-refractivity contribution in [3.63, 3.8) is 0 Å². The molecule has 0 fully saturated rings. The van der Waals surface area contributed by atoms with Gasteiger partial charge < -0.3 is 20.5 Å². The lowest BCUT2D eigenvalue weighted by Crippen LogP contribution is -2.39. The number of carbonyl (C=O) groups excluding carboxylic acids is 1. The molecule has 0 saturated carbocycles. The van der Waals surface area contributed by atoms with Crippen molar-refractivity contribution < 1.29 is 14.6 Å². The van der Waals surface area contributed by atoms with Gasteiger partial charge in [0.2, 0.25) is 0 Å². The number of carbonyl (C=O) groups is 1. The first-order valence-electron chi connectivity index (χ1n) is 7.01. The molecule has 1 aliphatic rings. The molecule has 0 saturated heterocycles. The Morgan fingerprint density at radius 1 is 1.48 bits per heavy atom. The lowest BCUT2D eigenvalue weighted by molar-refractivity contribution is -0.118. The molecule has 3 unspecified atom stereocenters. The van der Waals surface area contributed by atoms with Crippen molar-refractivity contribution in [1.29, 1.82) is 0 Å². The van der Waals surface area contributed by atoms with E-state index in [0.29, 0.717) is 11.4 Å². The van der Waals surface area contributed by atoms with Crippen LogP contribution in [0.25, 0.3) is 0 Å². The van der Waals surface area contributed by atoms with Crippen molar-refractivity contribution in [1.82, 2.24) is 5.32 Å². The molecule has 1 aromatic carbocycles. The van der Waals surface area contributed by atoms with Crippen LogP contribution < -0.4 is 15.4 Å². The van der Waals surface area contributed by atoms with Crippen molar-refractivity contribution in [3.8, 4) is 5.75 Å². The third kappa shape index (κ3) is 3.90. The average molecular weight is 310 g/mol.